The van der Waals surface area contributed by atoms with E-state index in [1.807, 2.05) is 26.0 Å². The fourth-order valence-corrected chi connectivity index (χ4v) is 2.56. The molecule has 5 heteroatoms. The first-order chi connectivity index (χ1) is 9.97. The van der Waals surface area contributed by atoms with E-state index in [4.69, 9.17) is 14.9 Å². The maximum absolute atomic E-state index is 11.0. The van der Waals surface area contributed by atoms with Crippen molar-refractivity contribution in [3.05, 3.63) is 28.8 Å². The van der Waals surface area contributed by atoms with Gasteiger partial charge < -0.3 is 20.3 Å². The Morgan fingerprint density at radius 1 is 1.38 bits per heavy atom. The van der Waals surface area contributed by atoms with E-state index in [0.29, 0.717) is 19.4 Å². The quantitative estimate of drug-likeness (QED) is 0.604. The lowest BCUT2D eigenvalue weighted by atomic mass is 9.98. The Morgan fingerprint density at radius 2 is 2.10 bits per heavy atom. The number of aliphatic carboxylic acids is 1. The molecule has 0 amide bonds. The normalized spacial score (nSPS) is 12.2. The van der Waals surface area contributed by atoms with Crippen molar-refractivity contribution >= 4 is 5.97 Å². The predicted octanol–water partition coefficient (Wildman–Crippen LogP) is 1.67. The lowest BCUT2D eigenvalue weighted by Crippen LogP contribution is -2.34. The molecule has 1 rings (SSSR count). The highest BCUT2D eigenvalue weighted by atomic mass is 16.5. The molecule has 0 bridgehead atoms. The van der Waals surface area contributed by atoms with Gasteiger partial charge in [0.25, 0.3) is 0 Å². The van der Waals surface area contributed by atoms with E-state index in [2.05, 4.69) is 5.32 Å². The van der Waals surface area contributed by atoms with E-state index in [1.165, 1.54) is 0 Å². The van der Waals surface area contributed by atoms with Gasteiger partial charge in [0.2, 0.25) is 0 Å². The lowest BCUT2D eigenvalue weighted by Gasteiger charge is -2.20. The number of rotatable bonds is 9. The van der Waals surface area contributed by atoms with Gasteiger partial charge >= 0.3 is 5.97 Å². The molecule has 0 aliphatic heterocycles. The monoisotopic (exact) mass is 295 g/mol. The summed E-state index contributed by atoms with van der Waals surface area (Å²) >= 11 is 0. The summed E-state index contributed by atoms with van der Waals surface area (Å²) in [5, 5.41) is 21.1. The first-order valence-electron chi connectivity index (χ1n) is 7.18. The molecule has 0 saturated carbocycles. The smallest absolute Gasteiger partial charge is 0.304 e. The van der Waals surface area contributed by atoms with Gasteiger partial charge in [-0.1, -0.05) is 17.7 Å². The number of methoxy groups -OCH3 is 1. The summed E-state index contributed by atoms with van der Waals surface area (Å²) < 4.78 is 5.45. The minimum atomic E-state index is -0.833. The Labute approximate surface area is 125 Å². The van der Waals surface area contributed by atoms with Crippen LogP contribution in [0.2, 0.25) is 0 Å². The van der Waals surface area contributed by atoms with Crippen LogP contribution in [0, 0.1) is 13.8 Å². The van der Waals surface area contributed by atoms with Crippen LogP contribution in [-0.4, -0.2) is 42.5 Å². The third-order valence-electron chi connectivity index (χ3n) is 3.36. The van der Waals surface area contributed by atoms with Crippen molar-refractivity contribution < 1.29 is 19.7 Å². The van der Waals surface area contributed by atoms with E-state index in [9.17, 15) is 4.79 Å². The summed E-state index contributed by atoms with van der Waals surface area (Å²) in [5.41, 5.74) is 3.20. The molecule has 0 aliphatic carbocycles. The number of benzene rings is 1. The van der Waals surface area contributed by atoms with Crippen molar-refractivity contribution in [2.45, 2.75) is 39.2 Å². The molecule has 0 aliphatic rings. The molecule has 3 N–H and O–H groups in total. The minimum absolute atomic E-state index is 0.0432. The summed E-state index contributed by atoms with van der Waals surface area (Å²) in [5.74, 6) is -0.0141. The highest BCUT2D eigenvalue weighted by Gasteiger charge is 2.17. The van der Waals surface area contributed by atoms with E-state index in [-0.39, 0.29) is 19.1 Å². The predicted molar refractivity (Wildman–Crippen MR) is 81.9 cm³/mol. The number of aryl methyl sites for hydroxylation is 2. The fraction of sp³-hybridized carbons (Fsp3) is 0.562. The molecule has 0 radical (unpaired) electrons. The molecule has 1 unspecified atom stereocenters. The van der Waals surface area contributed by atoms with Crippen LogP contribution in [0.15, 0.2) is 12.1 Å². The second-order valence-corrected chi connectivity index (χ2v) is 5.30. The highest BCUT2D eigenvalue weighted by Crippen LogP contribution is 2.26. The number of hydrogen-bond donors (Lipinski definition) is 3. The summed E-state index contributed by atoms with van der Waals surface area (Å²) in [4.78, 5) is 11.0. The van der Waals surface area contributed by atoms with Crippen molar-refractivity contribution in [1.82, 2.24) is 5.32 Å². The number of ether oxygens (including phenoxy) is 1. The van der Waals surface area contributed by atoms with Crippen LogP contribution in [0.4, 0.5) is 0 Å². The van der Waals surface area contributed by atoms with Crippen molar-refractivity contribution in [1.29, 1.82) is 0 Å². The van der Waals surface area contributed by atoms with Crippen LogP contribution in [0.3, 0.4) is 0 Å². The zero-order valence-corrected chi connectivity index (χ0v) is 13.0. The zero-order chi connectivity index (χ0) is 15.8. The molecule has 0 spiro atoms. The van der Waals surface area contributed by atoms with Crippen molar-refractivity contribution in [2.24, 2.45) is 0 Å². The molecule has 5 nitrogen and oxygen atoms in total. The van der Waals surface area contributed by atoms with Gasteiger partial charge in [-0.25, -0.2) is 0 Å². The van der Waals surface area contributed by atoms with Gasteiger partial charge in [0.05, 0.1) is 13.5 Å². The van der Waals surface area contributed by atoms with Crippen LogP contribution in [0.5, 0.6) is 5.75 Å². The molecular weight excluding hydrogens is 270 g/mol. The lowest BCUT2D eigenvalue weighted by molar-refractivity contribution is -0.137. The number of aliphatic hydroxyl groups is 1. The molecule has 1 aromatic carbocycles. The van der Waals surface area contributed by atoms with E-state index in [0.717, 1.165) is 22.4 Å². The molecular formula is C16H25NO4. The first-order valence-corrected chi connectivity index (χ1v) is 7.18. The standard InChI is InChI=1S/C16H25NO4/c1-11-7-12(2)16(21-3)13(8-11)9-14(10-15(19)20)17-5-4-6-18/h7-8,14,17-18H,4-6,9-10H2,1-3H3,(H,19,20). The number of hydrogen-bond acceptors (Lipinski definition) is 4. The molecule has 0 saturated heterocycles. The van der Waals surface area contributed by atoms with Gasteiger partial charge in [-0.15, -0.1) is 0 Å². The van der Waals surface area contributed by atoms with E-state index >= 15 is 0 Å². The van der Waals surface area contributed by atoms with E-state index < -0.39 is 5.97 Å². The topological polar surface area (TPSA) is 78.8 Å². The Kier molecular flexibility index (Phi) is 7.19. The minimum Gasteiger partial charge on any atom is -0.496 e. The Morgan fingerprint density at radius 3 is 2.67 bits per heavy atom. The molecule has 1 aromatic rings. The van der Waals surface area contributed by atoms with Crippen LogP contribution >= 0.6 is 0 Å². The number of carboxylic acids is 1. The van der Waals surface area contributed by atoms with Crippen molar-refractivity contribution in [3.8, 4) is 5.75 Å². The average Bonchev–Trinajstić information content (AvgIpc) is 2.37. The van der Waals surface area contributed by atoms with Crippen LogP contribution in [0.1, 0.15) is 29.5 Å². The molecule has 21 heavy (non-hydrogen) atoms. The summed E-state index contributed by atoms with van der Waals surface area (Å²) in [6, 6.07) is 3.91. The van der Waals surface area contributed by atoms with Gasteiger partial charge in [0.1, 0.15) is 5.75 Å². The zero-order valence-electron chi connectivity index (χ0n) is 13.0. The molecule has 118 valence electrons. The van der Waals surface area contributed by atoms with E-state index in [1.54, 1.807) is 7.11 Å². The largest absolute Gasteiger partial charge is 0.496 e. The van der Waals surface area contributed by atoms with Crippen LogP contribution < -0.4 is 10.1 Å². The Bertz CT molecular complexity index is 474. The van der Waals surface area contributed by atoms with Crippen molar-refractivity contribution in [2.75, 3.05) is 20.3 Å². The van der Waals surface area contributed by atoms with Crippen LogP contribution in [0.25, 0.3) is 0 Å². The number of carbonyl (C=O) groups is 1. The average molecular weight is 295 g/mol. The van der Waals surface area contributed by atoms with Crippen molar-refractivity contribution in [3.63, 3.8) is 0 Å². The van der Waals surface area contributed by atoms with Gasteiger partial charge in [-0.3, -0.25) is 4.79 Å². The third-order valence-corrected chi connectivity index (χ3v) is 3.36. The van der Waals surface area contributed by atoms with Gasteiger partial charge in [0.15, 0.2) is 0 Å². The highest BCUT2D eigenvalue weighted by molar-refractivity contribution is 5.67. The van der Waals surface area contributed by atoms with Gasteiger partial charge in [-0.2, -0.15) is 0 Å². The van der Waals surface area contributed by atoms with Gasteiger partial charge in [-0.05, 0) is 44.4 Å². The maximum Gasteiger partial charge on any atom is 0.304 e. The third kappa shape index (κ3) is 5.73. The number of carboxylic acid groups (broad SMARTS) is 1. The number of aliphatic hydroxyl groups excluding tert-OH is 1. The number of nitrogens with one attached hydrogen (secondary N) is 1. The Hall–Kier alpha value is -1.59. The summed E-state index contributed by atoms with van der Waals surface area (Å²) in [6.45, 7) is 4.70. The molecule has 1 atom stereocenters. The van der Waals surface area contributed by atoms with Gasteiger partial charge in [0, 0.05) is 12.6 Å². The molecule has 0 heterocycles. The van der Waals surface area contributed by atoms with Crippen LogP contribution in [-0.2, 0) is 11.2 Å². The SMILES string of the molecule is COc1c(C)cc(C)cc1CC(CC(=O)O)NCCCO. The fourth-order valence-electron chi connectivity index (χ4n) is 2.56. The first kappa shape index (κ1) is 17.5. The second-order valence-electron chi connectivity index (χ2n) is 5.30. The maximum atomic E-state index is 11.0. The summed E-state index contributed by atoms with van der Waals surface area (Å²) in [6.07, 6.45) is 1.24. The Balaban J connectivity index is 2.88. The molecule has 0 aromatic heterocycles. The second kappa shape index (κ2) is 8.64. The molecule has 0 fully saturated rings. The summed E-state index contributed by atoms with van der Waals surface area (Å²) in [7, 11) is 1.63.